The van der Waals surface area contributed by atoms with Gasteiger partial charge in [0.2, 0.25) is 0 Å². The Bertz CT molecular complexity index is 664. The topological polar surface area (TPSA) is 29.4 Å². The Morgan fingerprint density at radius 1 is 1.17 bits per heavy atom. The molecule has 0 saturated heterocycles. The molecule has 0 fully saturated rings. The van der Waals surface area contributed by atoms with E-state index in [4.69, 9.17) is 0 Å². The molecule has 120 valence electrons. The second-order valence-corrected chi connectivity index (χ2v) is 6.48. The molecule has 0 spiro atoms. The molecule has 23 heavy (non-hydrogen) atoms. The molecule has 2 aliphatic carbocycles. The maximum absolute atomic E-state index is 12.6. The van der Waals surface area contributed by atoms with Crippen molar-refractivity contribution in [2.24, 2.45) is 4.99 Å². The number of ketones is 1. The largest absolute Gasteiger partial charge is 0.294 e. The molecule has 3 rings (SSSR count). The quantitative estimate of drug-likeness (QED) is 0.517. The molecule has 0 bridgehead atoms. The molecular weight excluding hydrogens is 282 g/mol. The Kier molecular flexibility index (Phi) is 5.22. The Hall–Kier alpha value is -1.96. The van der Waals surface area contributed by atoms with Gasteiger partial charge in [-0.15, -0.1) is 0 Å². The number of benzene rings is 1. The number of nitrogens with zero attached hydrogens (tertiary/aromatic N) is 1. The lowest BCUT2D eigenvalue weighted by molar-refractivity contribution is 0.0992. The molecule has 1 aromatic carbocycles. The van der Waals surface area contributed by atoms with Crippen LogP contribution in [-0.2, 0) is 0 Å². The number of allylic oxidation sites excluding steroid dienone is 4. The number of carbonyl (C=O) groups excluding carboxylic acids is 1. The molecule has 0 atom stereocenters. The lowest BCUT2D eigenvalue weighted by Crippen LogP contribution is -2.02. The number of hydrogen-bond acceptors (Lipinski definition) is 2. The van der Waals surface area contributed by atoms with Crippen molar-refractivity contribution in [1.82, 2.24) is 0 Å². The van der Waals surface area contributed by atoms with Gasteiger partial charge in [0, 0.05) is 24.7 Å². The molecule has 0 aliphatic heterocycles. The highest BCUT2D eigenvalue weighted by atomic mass is 16.1. The van der Waals surface area contributed by atoms with Gasteiger partial charge in [-0.3, -0.25) is 9.79 Å². The van der Waals surface area contributed by atoms with Crippen molar-refractivity contribution in [3.8, 4) is 0 Å². The molecule has 0 radical (unpaired) electrons. The first kappa shape index (κ1) is 15.9. The number of rotatable bonds is 6. The molecule has 0 saturated carbocycles. The average molecular weight is 307 g/mol. The molecule has 2 aliphatic rings. The van der Waals surface area contributed by atoms with Crippen molar-refractivity contribution in [1.29, 1.82) is 0 Å². The van der Waals surface area contributed by atoms with Crippen LogP contribution in [0.2, 0.25) is 0 Å². The molecule has 1 aromatic rings. The van der Waals surface area contributed by atoms with Gasteiger partial charge >= 0.3 is 0 Å². The van der Waals surface area contributed by atoms with Gasteiger partial charge in [0.25, 0.3) is 0 Å². The van der Waals surface area contributed by atoms with Crippen molar-refractivity contribution >= 4 is 12.0 Å². The van der Waals surface area contributed by atoms with E-state index in [9.17, 15) is 4.79 Å². The SMILES string of the molecule is CCCN=CC1=C(CC(=O)c2ccccc2)CC2=C1CCCC2. The number of hydrogen-bond donors (Lipinski definition) is 0. The highest BCUT2D eigenvalue weighted by molar-refractivity contribution is 5.99. The molecular formula is C21H25NO. The summed E-state index contributed by atoms with van der Waals surface area (Å²) in [5.41, 5.74) is 6.43. The summed E-state index contributed by atoms with van der Waals surface area (Å²) in [4.78, 5) is 17.1. The maximum atomic E-state index is 12.6. The van der Waals surface area contributed by atoms with Gasteiger partial charge in [-0.1, -0.05) is 42.8 Å². The van der Waals surface area contributed by atoms with Crippen LogP contribution in [0, 0.1) is 0 Å². The third kappa shape index (κ3) is 3.69. The number of carbonyl (C=O) groups is 1. The van der Waals surface area contributed by atoms with Crippen LogP contribution in [0.1, 0.15) is 62.2 Å². The van der Waals surface area contributed by atoms with E-state index in [1.807, 2.05) is 36.5 Å². The molecule has 0 amide bonds. The minimum Gasteiger partial charge on any atom is -0.294 e. The van der Waals surface area contributed by atoms with E-state index < -0.39 is 0 Å². The minimum atomic E-state index is 0.224. The van der Waals surface area contributed by atoms with Gasteiger partial charge in [0.1, 0.15) is 0 Å². The third-order valence-electron chi connectivity index (χ3n) is 4.76. The van der Waals surface area contributed by atoms with Crippen LogP contribution >= 0.6 is 0 Å². The highest BCUT2D eigenvalue weighted by Crippen LogP contribution is 2.41. The Labute approximate surface area is 139 Å². The van der Waals surface area contributed by atoms with Crippen molar-refractivity contribution < 1.29 is 4.79 Å². The first-order chi connectivity index (χ1) is 11.3. The standard InChI is InChI=1S/C21H25NO/c1-2-12-22-15-20-18(13-17-10-6-7-11-19(17)20)14-21(23)16-8-4-3-5-9-16/h3-5,8-9,15H,2,6-7,10-14H2,1H3. The summed E-state index contributed by atoms with van der Waals surface area (Å²) in [5.74, 6) is 0.224. The molecule has 0 heterocycles. The van der Waals surface area contributed by atoms with Crippen LogP contribution in [0.4, 0.5) is 0 Å². The van der Waals surface area contributed by atoms with E-state index in [0.717, 1.165) is 31.4 Å². The van der Waals surface area contributed by atoms with Crippen LogP contribution in [0.3, 0.4) is 0 Å². The second-order valence-electron chi connectivity index (χ2n) is 6.48. The summed E-state index contributed by atoms with van der Waals surface area (Å²) in [6, 6.07) is 9.65. The fourth-order valence-electron chi connectivity index (χ4n) is 3.59. The summed E-state index contributed by atoms with van der Waals surface area (Å²) in [6.45, 7) is 3.01. The lowest BCUT2D eigenvalue weighted by atomic mass is 9.91. The van der Waals surface area contributed by atoms with Crippen molar-refractivity contribution in [3.05, 3.63) is 58.2 Å². The number of Topliss-reactive ketones (excluding diaryl/α,β-unsaturated/α-hetero) is 1. The molecule has 2 heteroatoms. The fourth-order valence-corrected chi connectivity index (χ4v) is 3.59. The first-order valence-electron chi connectivity index (χ1n) is 8.81. The zero-order valence-electron chi connectivity index (χ0n) is 14.0. The van der Waals surface area contributed by atoms with Crippen LogP contribution in [-0.4, -0.2) is 18.5 Å². The Morgan fingerprint density at radius 2 is 1.96 bits per heavy atom. The van der Waals surface area contributed by atoms with Gasteiger partial charge < -0.3 is 0 Å². The maximum Gasteiger partial charge on any atom is 0.166 e. The Morgan fingerprint density at radius 3 is 2.74 bits per heavy atom. The van der Waals surface area contributed by atoms with Crippen molar-refractivity contribution in [2.45, 2.75) is 51.9 Å². The van der Waals surface area contributed by atoms with Crippen LogP contribution < -0.4 is 0 Å². The zero-order chi connectivity index (χ0) is 16.1. The lowest BCUT2D eigenvalue weighted by Gasteiger charge is -2.14. The summed E-state index contributed by atoms with van der Waals surface area (Å²) >= 11 is 0. The van der Waals surface area contributed by atoms with Gasteiger partial charge in [-0.25, -0.2) is 0 Å². The van der Waals surface area contributed by atoms with Crippen LogP contribution in [0.15, 0.2) is 57.6 Å². The third-order valence-corrected chi connectivity index (χ3v) is 4.76. The van der Waals surface area contributed by atoms with E-state index in [-0.39, 0.29) is 5.78 Å². The predicted molar refractivity (Wildman–Crippen MR) is 96.2 cm³/mol. The average Bonchev–Trinajstić information content (AvgIpc) is 2.93. The summed E-state index contributed by atoms with van der Waals surface area (Å²) in [7, 11) is 0. The molecule has 0 aromatic heterocycles. The zero-order valence-corrected chi connectivity index (χ0v) is 14.0. The van der Waals surface area contributed by atoms with E-state index in [1.54, 1.807) is 5.57 Å². The van der Waals surface area contributed by atoms with E-state index in [1.165, 1.54) is 36.0 Å². The summed E-state index contributed by atoms with van der Waals surface area (Å²) in [6.07, 6.45) is 9.54. The minimum absolute atomic E-state index is 0.224. The van der Waals surface area contributed by atoms with Crippen LogP contribution in [0.25, 0.3) is 0 Å². The fraction of sp³-hybridized carbons (Fsp3) is 0.429. The van der Waals surface area contributed by atoms with Crippen molar-refractivity contribution in [2.75, 3.05) is 6.54 Å². The van der Waals surface area contributed by atoms with E-state index in [2.05, 4.69) is 11.9 Å². The van der Waals surface area contributed by atoms with Gasteiger partial charge in [-0.05, 0) is 55.2 Å². The monoisotopic (exact) mass is 307 g/mol. The van der Waals surface area contributed by atoms with E-state index in [0.29, 0.717) is 6.42 Å². The van der Waals surface area contributed by atoms with Crippen LogP contribution in [0.5, 0.6) is 0 Å². The summed E-state index contributed by atoms with van der Waals surface area (Å²) in [5, 5.41) is 0. The first-order valence-corrected chi connectivity index (χ1v) is 8.81. The van der Waals surface area contributed by atoms with Gasteiger partial charge in [0.15, 0.2) is 5.78 Å². The summed E-state index contributed by atoms with van der Waals surface area (Å²) < 4.78 is 0. The van der Waals surface area contributed by atoms with Crippen molar-refractivity contribution in [3.63, 3.8) is 0 Å². The van der Waals surface area contributed by atoms with Gasteiger partial charge in [-0.2, -0.15) is 0 Å². The second kappa shape index (κ2) is 7.54. The predicted octanol–water partition coefficient (Wildman–Crippen LogP) is 5.31. The number of aliphatic imine (C=N–C) groups is 1. The molecule has 2 nitrogen and oxygen atoms in total. The van der Waals surface area contributed by atoms with Gasteiger partial charge in [0.05, 0.1) is 0 Å². The Balaban J connectivity index is 1.82. The van der Waals surface area contributed by atoms with E-state index >= 15 is 0 Å². The smallest absolute Gasteiger partial charge is 0.166 e. The highest BCUT2D eigenvalue weighted by Gasteiger charge is 2.26. The normalized spacial score (nSPS) is 18.0. The molecule has 0 N–H and O–H groups in total. The molecule has 0 unspecified atom stereocenters.